The van der Waals surface area contributed by atoms with Crippen LogP contribution in [-0.2, 0) is 6.54 Å². The molecule has 0 heterocycles. The predicted octanol–water partition coefficient (Wildman–Crippen LogP) is 2.42. The summed E-state index contributed by atoms with van der Waals surface area (Å²) >= 11 is 1.94. The first kappa shape index (κ1) is 12.8. The van der Waals surface area contributed by atoms with Gasteiger partial charge in [-0.3, -0.25) is 0 Å². The van der Waals surface area contributed by atoms with Gasteiger partial charge in [0.15, 0.2) is 0 Å². The highest BCUT2D eigenvalue weighted by Gasteiger charge is 2.29. The maximum atomic E-state index is 12.7. The molecule has 6 heteroatoms. The van der Waals surface area contributed by atoms with E-state index in [9.17, 15) is 12.9 Å². The SMILES string of the molecule is Cc1c(CN)cc([B-](F)(F)F)c(C)c1I. The maximum Gasteiger partial charge on any atom is 0.509 e. The van der Waals surface area contributed by atoms with Crippen molar-refractivity contribution in [1.82, 2.24) is 0 Å². The number of hydrogen-bond acceptors (Lipinski definition) is 1. The minimum Gasteiger partial charge on any atom is -0.445 e. The molecule has 0 aromatic heterocycles. The molecule has 0 aliphatic rings. The van der Waals surface area contributed by atoms with Crippen LogP contribution >= 0.6 is 22.6 Å². The van der Waals surface area contributed by atoms with Crippen LogP contribution in [0.2, 0.25) is 0 Å². The Morgan fingerprint density at radius 3 is 2.20 bits per heavy atom. The lowest BCUT2D eigenvalue weighted by molar-refractivity contribution is 0.500. The molecule has 0 atom stereocenters. The van der Waals surface area contributed by atoms with Crippen LogP contribution in [-0.4, -0.2) is 6.98 Å². The van der Waals surface area contributed by atoms with Gasteiger partial charge in [0.25, 0.3) is 0 Å². The van der Waals surface area contributed by atoms with E-state index in [-0.39, 0.29) is 6.54 Å². The standard InChI is InChI=1S/C9H11BF3IN/c1-5-7(4-15)3-8(10(11,12)13)6(2)9(5)14/h3H,4,15H2,1-2H3/q-1. The van der Waals surface area contributed by atoms with Gasteiger partial charge in [-0.1, -0.05) is 11.6 Å². The Labute approximate surface area is 100 Å². The van der Waals surface area contributed by atoms with Crippen LogP contribution in [0.1, 0.15) is 16.7 Å². The van der Waals surface area contributed by atoms with E-state index >= 15 is 0 Å². The van der Waals surface area contributed by atoms with E-state index in [0.717, 1.165) is 5.56 Å². The largest absolute Gasteiger partial charge is 0.509 e. The molecule has 0 aliphatic carbocycles. The molecule has 0 radical (unpaired) electrons. The Balaban J connectivity index is 3.49. The highest BCUT2D eigenvalue weighted by molar-refractivity contribution is 14.1. The predicted molar refractivity (Wildman–Crippen MR) is 65.2 cm³/mol. The van der Waals surface area contributed by atoms with Gasteiger partial charge in [0.2, 0.25) is 0 Å². The fourth-order valence-corrected chi connectivity index (χ4v) is 2.16. The smallest absolute Gasteiger partial charge is 0.445 e. The summed E-state index contributed by atoms with van der Waals surface area (Å²) in [6.45, 7) is -1.51. The second-order valence-corrected chi connectivity index (χ2v) is 4.55. The van der Waals surface area contributed by atoms with Crippen molar-refractivity contribution in [2.75, 3.05) is 0 Å². The van der Waals surface area contributed by atoms with Gasteiger partial charge in [0, 0.05) is 10.1 Å². The van der Waals surface area contributed by atoms with E-state index in [2.05, 4.69) is 0 Å². The van der Waals surface area contributed by atoms with E-state index in [1.165, 1.54) is 13.0 Å². The Kier molecular flexibility index (Phi) is 3.70. The molecular weight excluding hydrogens is 317 g/mol. The van der Waals surface area contributed by atoms with Crippen molar-refractivity contribution >= 4 is 35.0 Å². The molecule has 0 spiro atoms. The summed E-state index contributed by atoms with van der Waals surface area (Å²) in [5.74, 6) is 0. The van der Waals surface area contributed by atoms with Gasteiger partial charge < -0.3 is 18.7 Å². The minimum atomic E-state index is -4.95. The van der Waals surface area contributed by atoms with Crippen molar-refractivity contribution in [1.29, 1.82) is 0 Å². The van der Waals surface area contributed by atoms with E-state index in [1.54, 1.807) is 6.92 Å². The molecule has 0 aliphatic heterocycles. The molecule has 84 valence electrons. The zero-order chi connectivity index (χ0) is 11.8. The lowest BCUT2D eigenvalue weighted by atomic mass is 9.75. The van der Waals surface area contributed by atoms with Crippen molar-refractivity contribution in [3.63, 3.8) is 0 Å². The van der Waals surface area contributed by atoms with Crippen molar-refractivity contribution in [3.8, 4) is 0 Å². The van der Waals surface area contributed by atoms with Crippen LogP contribution in [0.3, 0.4) is 0 Å². The first-order valence-electron chi connectivity index (χ1n) is 4.47. The molecule has 2 N–H and O–H groups in total. The monoisotopic (exact) mass is 328 g/mol. The Hall–Kier alpha value is -0.235. The summed E-state index contributed by atoms with van der Waals surface area (Å²) in [6, 6.07) is 1.17. The molecule has 0 amide bonds. The number of benzene rings is 1. The minimum absolute atomic E-state index is 0.140. The molecule has 1 aromatic carbocycles. The molecule has 0 unspecified atom stereocenters. The zero-order valence-electron chi connectivity index (χ0n) is 8.45. The summed E-state index contributed by atoms with van der Waals surface area (Å²) in [6.07, 6.45) is 0. The third-order valence-electron chi connectivity index (χ3n) is 2.48. The van der Waals surface area contributed by atoms with Gasteiger partial charge in [-0.05, 0) is 47.6 Å². The summed E-state index contributed by atoms with van der Waals surface area (Å²) in [5.41, 5.74) is 6.61. The first-order valence-corrected chi connectivity index (χ1v) is 5.55. The van der Waals surface area contributed by atoms with Crippen LogP contribution < -0.4 is 11.2 Å². The topological polar surface area (TPSA) is 26.0 Å². The second kappa shape index (κ2) is 4.33. The Bertz CT molecular complexity index is 390. The van der Waals surface area contributed by atoms with Crippen molar-refractivity contribution in [2.24, 2.45) is 5.73 Å². The second-order valence-electron chi connectivity index (χ2n) is 3.47. The van der Waals surface area contributed by atoms with Crippen LogP contribution in [0.25, 0.3) is 0 Å². The Morgan fingerprint density at radius 1 is 1.27 bits per heavy atom. The van der Waals surface area contributed by atoms with Gasteiger partial charge in [-0.15, -0.1) is 5.46 Å². The van der Waals surface area contributed by atoms with Crippen LogP contribution in [0.4, 0.5) is 12.9 Å². The summed E-state index contributed by atoms with van der Waals surface area (Å²) in [5, 5.41) is 0. The van der Waals surface area contributed by atoms with Crippen molar-refractivity contribution in [3.05, 3.63) is 26.3 Å². The summed E-state index contributed by atoms with van der Waals surface area (Å²) in [7, 11) is 0. The van der Waals surface area contributed by atoms with Crippen molar-refractivity contribution in [2.45, 2.75) is 20.4 Å². The van der Waals surface area contributed by atoms with Crippen LogP contribution in [0.5, 0.6) is 0 Å². The lowest BCUT2D eigenvalue weighted by Gasteiger charge is -2.22. The Morgan fingerprint density at radius 2 is 1.80 bits per heavy atom. The van der Waals surface area contributed by atoms with Crippen LogP contribution in [0, 0.1) is 17.4 Å². The fraction of sp³-hybridized carbons (Fsp3) is 0.333. The molecule has 15 heavy (non-hydrogen) atoms. The van der Waals surface area contributed by atoms with E-state index in [4.69, 9.17) is 5.73 Å². The third kappa shape index (κ3) is 2.47. The van der Waals surface area contributed by atoms with Crippen LogP contribution in [0.15, 0.2) is 6.07 Å². The summed E-state index contributed by atoms with van der Waals surface area (Å²) in [4.78, 5) is 0. The molecule has 0 bridgehead atoms. The average Bonchev–Trinajstić information content (AvgIpc) is 2.13. The number of halogens is 4. The zero-order valence-corrected chi connectivity index (χ0v) is 10.6. The summed E-state index contributed by atoms with van der Waals surface area (Å²) < 4.78 is 38.7. The van der Waals surface area contributed by atoms with E-state index in [1.807, 2.05) is 22.6 Å². The molecular formula is C9H11BF3IN-. The third-order valence-corrected chi connectivity index (χ3v) is 4.09. The fourth-order valence-electron chi connectivity index (χ4n) is 1.51. The number of nitrogens with two attached hydrogens (primary N) is 1. The first-order chi connectivity index (χ1) is 6.79. The highest BCUT2D eigenvalue weighted by atomic mass is 127. The van der Waals surface area contributed by atoms with Gasteiger partial charge >= 0.3 is 6.98 Å². The number of hydrogen-bond donors (Lipinski definition) is 1. The quantitative estimate of drug-likeness (QED) is 0.655. The molecule has 1 aromatic rings. The maximum absolute atomic E-state index is 12.7. The van der Waals surface area contributed by atoms with Gasteiger partial charge in [0.05, 0.1) is 0 Å². The lowest BCUT2D eigenvalue weighted by Crippen LogP contribution is -2.37. The molecule has 0 saturated heterocycles. The average molecular weight is 328 g/mol. The van der Waals surface area contributed by atoms with Gasteiger partial charge in [-0.25, -0.2) is 0 Å². The van der Waals surface area contributed by atoms with Crippen molar-refractivity contribution < 1.29 is 12.9 Å². The van der Waals surface area contributed by atoms with Gasteiger partial charge in [-0.2, -0.15) is 0 Å². The molecule has 0 fully saturated rings. The number of rotatable bonds is 2. The van der Waals surface area contributed by atoms with E-state index in [0.29, 0.717) is 14.7 Å². The molecule has 0 saturated carbocycles. The normalized spacial score (nSPS) is 11.9. The molecule has 1 rings (SSSR count). The molecule has 1 nitrogen and oxygen atoms in total. The van der Waals surface area contributed by atoms with E-state index < -0.39 is 12.4 Å². The van der Waals surface area contributed by atoms with Gasteiger partial charge in [0.1, 0.15) is 0 Å². The highest BCUT2D eigenvalue weighted by Crippen LogP contribution is 2.22.